The van der Waals surface area contributed by atoms with Crippen LogP contribution in [0.5, 0.6) is 0 Å². The van der Waals surface area contributed by atoms with Gasteiger partial charge in [-0.25, -0.2) is 0 Å². The second-order valence-corrected chi connectivity index (χ2v) is 1.08. The van der Waals surface area contributed by atoms with E-state index >= 15 is 0 Å². The number of nitrogens with two attached hydrogens (primary N) is 1. The summed E-state index contributed by atoms with van der Waals surface area (Å²) in [4.78, 5) is 0. The Kier molecular flexibility index (Phi) is 1.28. The zero-order chi connectivity index (χ0) is 3.58. The minimum atomic E-state index is 0.917. The molecule has 0 fully saturated rings. The van der Waals surface area contributed by atoms with Crippen LogP contribution in [0.15, 0.2) is 0 Å². The molecule has 0 atom stereocenters. The first-order chi connectivity index (χ1) is 1.73. The summed E-state index contributed by atoms with van der Waals surface area (Å²) in [5, 5.41) is 0. The van der Waals surface area contributed by atoms with E-state index in [1.165, 1.54) is 0 Å². The molecule has 1 heteroatoms. The maximum Gasteiger partial charge on any atom is -0.177 e. The van der Waals surface area contributed by atoms with Crippen molar-refractivity contribution in [2.45, 2.75) is 13.8 Å². The molecule has 0 unspecified atom stereocenters. The lowest BCUT2D eigenvalue weighted by Gasteiger charge is -2.01. The molecule has 0 aliphatic carbocycles. The second kappa shape index (κ2) is 1.30. The zero-order valence-electron chi connectivity index (χ0n) is 3.08. The predicted octanol–water partition coefficient (Wildman–Crippen LogP) is 0.517. The third kappa shape index (κ3) is 1130. The van der Waals surface area contributed by atoms with Crippen LogP contribution in [0, 0.1) is 6.04 Å². The van der Waals surface area contributed by atoms with Gasteiger partial charge in [-0.05, 0) is 0 Å². The predicted molar refractivity (Wildman–Crippen MR) is 18.8 cm³/mol. The Morgan fingerprint density at radius 1 is 1.50 bits per heavy atom. The SMILES string of the molecule is C[C-](C)N. The number of hydrogen-bond donors (Lipinski definition) is 1. The monoisotopic (exact) mass is 58.1 g/mol. The smallest absolute Gasteiger partial charge is 0.177 e. The van der Waals surface area contributed by atoms with Crippen LogP contribution in [0.25, 0.3) is 0 Å². The highest BCUT2D eigenvalue weighted by Gasteiger charge is 1.47. The quantitative estimate of drug-likeness (QED) is 0.404. The summed E-state index contributed by atoms with van der Waals surface area (Å²) in [7, 11) is 0. The van der Waals surface area contributed by atoms with Gasteiger partial charge in [0.15, 0.2) is 0 Å². The van der Waals surface area contributed by atoms with Gasteiger partial charge < -0.3 is 5.73 Å². The average molecular weight is 58.1 g/mol. The number of rotatable bonds is 0. The van der Waals surface area contributed by atoms with Gasteiger partial charge in [0.25, 0.3) is 0 Å². The Balaban J connectivity index is 2.32. The first-order valence-electron chi connectivity index (χ1n) is 1.29. The van der Waals surface area contributed by atoms with E-state index in [1.54, 1.807) is 0 Å². The molecule has 0 aliphatic rings. The third-order valence-electron chi connectivity index (χ3n) is 0. The molecule has 4 heavy (non-hydrogen) atoms. The van der Waals surface area contributed by atoms with Crippen molar-refractivity contribution >= 4 is 0 Å². The molecule has 0 spiro atoms. The Morgan fingerprint density at radius 3 is 1.50 bits per heavy atom. The van der Waals surface area contributed by atoms with E-state index in [2.05, 4.69) is 0 Å². The van der Waals surface area contributed by atoms with E-state index in [0.29, 0.717) is 0 Å². The van der Waals surface area contributed by atoms with Crippen LogP contribution in [0.1, 0.15) is 13.8 Å². The first-order valence-corrected chi connectivity index (χ1v) is 1.29. The van der Waals surface area contributed by atoms with Gasteiger partial charge >= 0.3 is 0 Å². The largest absolute Gasteiger partial charge is 0.481 e. The van der Waals surface area contributed by atoms with Crippen molar-refractivity contribution in [2.24, 2.45) is 5.73 Å². The summed E-state index contributed by atoms with van der Waals surface area (Å²) in [6.45, 7) is 3.72. The molecule has 26 valence electrons. The van der Waals surface area contributed by atoms with Crippen molar-refractivity contribution < 1.29 is 0 Å². The van der Waals surface area contributed by atoms with E-state index in [1.807, 2.05) is 13.8 Å². The van der Waals surface area contributed by atoms with Gasteiger partial charge in [-0.15, -0.1) is 0 Å². The lowest BCUT2D eigenvalue weighted by atomic mass is 10.5. The van der Waals surface area contributed by atoms with E-state index < -0.39 is 0 Å². The van der Waals surface area contributed by atoms with E-state index in [4.69, 9.17) is 5.73 Å². The van der Waals surface area contributed by atoms with Crippen LogP contribution in [-0.4, -0.2) is 0 Å². The van der Waals surface area contributed by atoms with Crippen LogP contribution in [-0.2, 0) is 0 Å². The summed E-state index contributed by atoms with van der Waals surface area (Å²) < 4.78 is 0. The van der Waals surface area contributed by atoms with Crippen LogP contribution in [0.4, 0.5) is 0 Å². The van der Waals surface area contributed by atoms with E-state index in [-0.39, 0.29) is 0 Å². The number of hydrogen-bond acceptors (Lipinski definition) is 1. The Bertz CT molecular complexity index is 8.00. The normalized spacial score (nSPS) is 9.00. The molecule has 2 N–H and O–H groups in total. The Hall–Kier alpha value is -0.0400. The van der Waals surface area contributed by atoms with E-state index in [9.17, 15) is 0 Å². The lowest BCUT2D eigenvalue weighted by Crippen LogP contribution is -1.95. The average Bonchev–Trinajstić information content (AvgIpc) is 0.811. The van der Waals surface area contributed by atoms with Crippen molar-refractivity contribution in [2.75, 3.05) is 0 Å². The molecule has 1 nitrogen and oxygen atoms in total. The van der Waals surface area contributed by atoms with Crippen LogP contribution in [0.2, 0.25) is 0 Å². The molecular weight excluding hydrogens is 50.0 g/mol. The van der Waals surface area contributed by atoms with E-state index in [0.717, 1.165) is 6.04 Å². The molecule has 0 heterocycles. The minimum Gasteiger partial charge on any atom is -0.481 e. The van der Waals surface area contributed by atoms with Crippen LogP contribution >= 0.6 is 0 Å². The van der Waals surface area contributed by atoms with Gasteiger partial charge in [0, 0.05) is 0 Å². The maximum absolute atomic E-state index is 5.03. The molecule has 0 radical (unpaired) electrons. The zero-order valence-corrected chi connectivity index (χ0v) is 3.08. The van der Waals surface area contributed by atoms with Crippen LogP contribution < -0.4 is 5.73 Å². The fourth-order valence-corrected chi connectivity index (χ4v) is 0. The maximum atomic E-state index is 5.03. The van der Waals surface area contributed by atoms with Gasteiger partial charge in [-0.2, -0.15) is 13.8 Å². The van der Waals surface area contributed by atoms with Gasteiger partial charge in [0.1, 0.15) is 0 Å². The van der Waals surface area contributed by atoms with Gasteiger partial charge in [0.2, 0.25) is 0 Å². The van der Waals surface area contributed by atoms with Crippen LogP contribution in [0.3, 0.4) is 0 Å². The molecular formula is C3H8N-. The third-order valence-corrected chi connectivity index (χ3v) is 0. The molecule has 0 aromatic rings. The molecule has 0 aromatic heterocycles. The summed E-state index contributed by atoms with van der Waals surface area (Å²) >= 11 is 0. The van der Waals surface area contributed by atoms with Gasteiger partial charge in [-0.3, -0.25) is 6.04 Å². The second-order valence-electron chi connectivity index (χ2n) is 1.08. The molecule has 0 rings (SSSR count). The summed E-state index contributed by atoms with van der Waals surface area (Å²) in [5.41, 5.74) is 5.03. The first kappa shape index (κ1) is 3.96. The molecule has 0 aliphatic heterocycles. The van der Waals surface area contributed by atoms with Gasteiger partial charge in [-0.1, -0.05) is 0 Å². The van der Waals surface area contributed by atoms with Gasteiger partial charge in [0.05, 0.1) is 0 Å². The highest BCUT2D eigenvalue weighted by atomic mass is 14.6. The fourth-order valence-electron chi connectivity index (χ4n) is 0. The van der Waals surface area contributed by atoms with Crippen molar-refractivity contribution in [1.82, 2.24) is 0 Å². The lowest BCUT2D eigenvalue weighted by molar-refractivity contribution is 1.05. The topological polar surface area (TPSA) is 26.0 Å². The Labute approximate surface area is 26.8 Å². The summed E-state index contributed by atoms with van der Waals surface area (Å²) in [5.74, 6) is 0. The molecule has 0 saturated carbocycles. The fraction of sp³-hybridized carbons (Fsp3) is 0.667. The Morgan fingerprint density at radius 2 is 1.50 bits per heavy atom. The minimum absolute atomic E-state index is 0.917. The highest BCUT2D eigenvalue weighted by Crippen LogP contribution is 1.72. The molecule has 0 saturated heterocycles. The van der Waals surface area contributed by atoms with Crippen molar-refractivity contribution in [3.63, 3.8) is 0 Å². The summed E-state index contributed by atoms with van der Waals surface area (Å²) in [6.07, 6.45) is 0. The molecule has 0 amide bonds. The molecule has 0 bridgehead atoms. The standard InChI is InChI=1S/C3H8N/c1-3(2)4/h4H2,1-2H3/q-1. The van der Waals surface area contributed by atoms with Crippen molar-refractivity contribution in [3.05, 3.63) is 6.04 Å². The molecule has 0 aromatic carbocycles. The van der Waals surface area contributed by atoms with Crippen molar-refractivity contribution in [3.8, 4) is 0 Å². The summed E-state index contributed by atoms with van der Waals surface area (Å²) in [6, 6.07) is 0.917. The van der Waals surface area contributed by atoms with Crippen molar-refractivity contribution in [1.29, 1.82) is 0 Å². The highest BCUT2D eigenvalue weighted by molar-refractivity contribution is 4.62.